The Morgan fingerprint density at radius 3 is 2.81 bits per heavy atom. The lowest BCUT2D eigenvalue weighted by atomic mass is 10.1. The van der Waals surface area contributed by atoms with Crippen LogP contribution in [0.25, 0.3) is 0 Å². The van der Waals surface area contributed by atoms with Crippen LogP contribution in [-0.2, 0) is 6.54 Å². The Balaban J connectivity index is 2.17. The predicted molar refractivity (Wildman–Crippen MR) is 68.1 cm³/mol. The average Bonchev–Trinajstić information content (AvgIpc) is 2.73. The van der Waals surface area contributed by atoms with E-state index >= 15 is 0 Å². The van der Waals surface area contributed by atoms with Gasteiger partial charge in [-0.25, -0.2) is 0 Å². The molecule has 0 spiro atoms. The second-order valence-electron chi connectivity index (χ2n) is 3.61. The van der Waals surface area contributed by atoms with Gasteiger partial charge in [0.15, 0.2) is 5.78 Å². The van der Waals surface area contributed by atoms with Crippen molar-refractivity contribution in [2.75, 3.05) is 0 Å². The molecule has 0 aliphatic rings. The molecule has 0 aliphatic heterocycles. The minimum Gasteiger partial charge on any atom is -0.292 e. The van der Waals surface area contributed by atoms with Crippen molar-refractivity contribution in [3.63, 3.8) is 0 Å². The molecule has 0 bridgehead atoms. The first-order valence-corrected chi connectivity index (χ1v) is 6.45. The average molecular weight is 299 g/mol. The fourth-order valence-corrected chi connectivity index (χ4v) is 2.84. The summed E-state index contributed by atoms with van der Waals surface area (Å²) in [6.45, 7) is 4.28. The molecule has 0 N–H and O–H groups in total. The van der Waals surface area contributed by atoms with E-state index < -0.39 is 0 Å². The largest absolute Gasteiger partial charge is 0.292 e. The topological polar surface area (TPSA) is 34.9 Å². The van der Waals surface area contributed by atoms with Crippen LogP contribution >= 0.6 is 27.3 Å². The normalized spacial score (nSPS) is 10.7. The summed E-state index contributed by atoms with van der Waals surface area (Å²) in [5.41, 5.74) is 0.814. The molecule has 0 saturated carbocycles. The lowest BCUT2D eigenvalue weighted by Gasteiger charge is -2.00. The van der Waals surface area contributed by atoms with Crippen molar-refractivity contribution in [2.45, 2.75) is 20.4 Å². The second-order valence-corrected chi connectivity index (χ2v) is 5.98. The Hall–Kier alpha value is -0.940. The molecule has 84 valence electrons. The summed E-state index contributed by atoms with van der Waals surface area (Å²) in [4.78, 5) is 14.2. The zero-order chi connectivity index (χ0) is 11.7. The second kappa shape index (κ2) is 4.51. The summed E-state index contributed by atoms with van der Waals surface area (Å²) in [6.07, 6.45) is 3.48. The lowest BCUT2D eigenvalue weighted by molar-refractivity contribution is 0.0967. The molecule has 0 saturated heterocycles. The molecule has 0 unspecified atom stereocenters. The summed E-state index contributed by atoms with van der Waals surface area (Å²) in [5, 5.41) is 4.07. The van der Waals surface area contributed by atoms with E-state index in [1.54, 1.807) is 28.4 Å². The molecule has 0 atom stereocenters. The highest BCUT2D eigenvalue weighted by Gasteiger charge is 2.12. The molecule has 0 aromatic carbocycles. The predicted octanol–water partition coefficient (Wildman–Crippen LogP) is 3.21. The first-order chi connectivity index (χ1) is 7.56. The van der Waals surface area contributed by atoms with E-state index in [1.165, 1.54) is 4.88 Å². The fraction of sp³-hybridized carbons (Fsp3) is 0.273. The molecule has 2 heterocycles. The Morgan fingerprint density at radius 2 is 2.31 bits per heavy atom. The van der Waals surface area contributed by atoms with Crippen LogP contribution in [0.3, 0.4) is 0 Å². The van der Waals surface area contributed by atoms with Gasteiger partial charge in [0.05, 0.1) is 10.7 Å². The van der Waals surface area contributed by atoms with Gasteiger partial charge in [-0.3, -0.25) is 9.48 Å². The number of hydrogen-bond donors (Lipinski definition) is 0. The van der Waals surface area contributed by atoms with Crippen LogP contribution in [0.2, 0.25) is 0 Å². The highest BCUT2D eigenvalue weighted by atomic mass is 79.9. The Labute approximate surface area is 106 Å². The number of Topliss-reactive ketones (excluding diaryl/α,β-unsaturated/α-hetero) is 1. The van der Waals surface area contributed by atoms with Gasteiger partial charge in [-0.05, 0) is 35.8 Å². The maximum absolute atomic E-state index is 12.0. The van der Waals surface area contributed by atoms with Crippen LogP contribution in [0.15, 0.2) is 22.9 Å². The van der Waals surface area contributed by atoms with Gasteiger partial charge in [-0.1, -0.05) is 0 Å². The molecule has 2 aromatic rings. The molecule has 2 aromatic heterocycles. The number of ketones is 1. The molecule has 5 heteroatoms. The van der Waals surface area contributed by atoms with Crippen molar-refractivity contribution in [3.8, 4) is 0 Å². The number of nitrogens with zero attached hydrogens (tertiary/aromatic N) is 2. The Bertz CT molecular complexity index is 530. The summed E-state index contributed by atoms with van der Waals surface area (Å²) in [5.74, 6) is 0.109. The molecule has 0 amide bonds. The van der Waals surface area contributed by atoms with E-state index in [0.29, 0.717) is 6.54 Å². The number of thiophene rings is 1. The number of aryl methyl sites for hydroxylation is 2. The monoisotopic (exact) mass is 298 g/mol. The van der Waals surface area contributed by atoms with E-state index in [0.717, 1.165) is 14.9 Å². The molecule has 3 nitrogen and oxygen atoms in total. The van der Waals surface area contributed by atoms with E-state index in [1.807, 2.05) is 19.9 Å². The molecular formula is C11H11BrN2OS. The SMILES string of the molecule is Cc1cc(C(=O)Cn2cc(Br)cn2)c(C)s1. The molecule has 0 aliphatic carbocycles. The standard InChI is InChI=1S/C11H11BrN2OS/c1-7-3-10(8(2)16-7)11(15)6-14-5-9(12)4-13-14/h3-5H,6H2,1-2H3. The number of halogens is 1. The molecule has 16 heavy (non-hydrogen) atoms. The van der Waals surface area contributed by atoms with Crippen molar-refractivity contribution >= 4 is 33.0 Å². The maximum atomic E-state index is 12.0. The molecule has 0 fully saturated rings. The van der Waals surface area contributed by atoms with E-state index in [4.69, 9.17) is 0 Å². The Morgan fingerprint density at radius 1 is 1.56 bits per heavy atom. The number of aromatic nitrogens is 2. The molecule has 0 radical (unpaired) electrons. The third-order valence-corrected chi connectivity index (χ3v) is 3.62. The highest BCUT2D eigenvalue weighted by Crippen LogP contribution is 2.21. The minimum absolute atomic E-state index is 0.109. The lowest BCUT2D eigenvalue weighted by Crippen LogP contribution is -2.10. The number of carbonyl (C=O) groups excluding carboxylic acids is 1. The number of rotatable bonds is 3. The van der Waals surface area contributed by atoms with Gasteiger partial charge in [-0.15, -0.1) is 11.3 Å². The van der Waals surface area contributed by atoms with Crippen LogP contribution in [-0.4, -0.2) is 15.6 Å². The van der Waals surface area contributed by atoms with Crippen LogP contribution < -0.4 is 0 Å². The maximum Gasteiger partial charge on any atom is 0.185 e. The zero-order valence-electron chi connectivity index (χ0n) is 9.03. The summed E-state index contributed by atoms with van der Waals surface area (Å²) >= 11 is 4.96. The van der Waals surface area contributed by atoms with Crippen molar-refractivity contribution in [2.24, 2.45) is 0 Å². The molecular weight excluding hydrogens is 288 g/mol. The van der Waals surface area contributed by atoms with Crippen molar-refractivity contribution in [1.82, 2.24) is 9.78 Å². The number of carbonyl (C=O) groups is 1. The first-order valence-electron chi connectivity index (χ1n) is 4.84. The highest BCUT2D eigenvalue weighted by molar-refractivity contribution is 9.10. The van der Waals surface area contributed by atoms with Crippen LogP contribution in [0.5, 0.6) is 0 Å². The van der Waals surface area contributed by atoms with Crippen LogP contribution in [0.1, 0.15) is 20.1 Å². The Kier molecular flexibility index (Phi) is 3.25. The van der Waals surface area contributed by atoms with Gasteiger partial charge in [0.2, 0.25) is 0 Å². The molecule has 2 rings (SSSR count). The van der Waals surface area contributed by atoms with Gasteiger partial charge < -0.3 is 0 Å². The van der Waals surface area contributed by atoms with E-state index in [2.05, 4.69) is 21.0 Å². The van der Waals surface area contributed by atoms with Crippen molar-refractivity contribution < 1.29 is 4.79 Å². The fourth-order valence-electron chi connectivity index (χ4n) is 1.56. The summed E-state index contributed by atoms with van der Waals surface area (Å²) in [6, 6.07) is 1.95. The van der Waals surface area contributed by atoms with E-state index in [9.17, 15) is 4.79 Å². The third kappa shape index (κ3) is 2.41. The third-order valence-electron chi connectivity index (χ3n) is 2.25. The van der Waals surface area contributed by atoms with Gasteiger partial charge in [0.25, 0.3) is 0 Å². The smallest absolute Gasteiger partial charge is 0.185 e. The minimum atomic E-state index is 0.109. The summed E-state index contributed by atoms with van der Waals surface area (Å²) < 4.78 is 2.53. The quantitative estimate of drug-likeness (QED) is 0.816. The van der Waals surface area contributed by atoms with Gasteiger partial charge in [0, 0.05) is 21.5 Å². The van der Waals surface area contributed by atoms with Gasteiger partial charge in [0.1, 0.15) is 6.54 Å². The van der Waals surface area contributed by atoms with Gasteiger partial charge >= 0.3 is 0 Å². The summed E-state index contributed by atoms with van der Waals surface area (Å²) in [7, 11) is 0. The zero-order valence-corrected chi connectivity index (χ0v) is 11.4. The first kappa shape index (κ1) is 11.5. The number of hydrogen-bond acceptors (Lipinski definition) is 3. The van der Waals surface area contributed by atoms with Gasteiger partial charge in [-0.2, -0.15) is 5.10 Å². The van der Waals surface area contributed by atoms with Crippen LogP contribution in [0.4, 0.5) is 0 Å². The van der Waals surface area contributed by atoms with E-state index in [-0.39, 0.29) is 5.78 Å². The van der Waals surface area contributed by atoms with Crippen molar-refractivity contribution in [1.29, 1.82) is 0 Å². The van der Waals surface area contributed by atoms with Crippen molar-refractivity contribution in [3.05, 3.63) is 38.3 Å². The van der Waals surface area contributed by atoms with Crippen LogP contribution in [0, 0.1) is 13.8 Å².